The SMILES string of the molecule is O=C(CCCCCCCCCCS)OCCCCCCCCCCCS.O=C(O)C(F)(F)F. The Kier molecular flexibility index (Phi) is 27.3. The van der Waals surface area contributed by atoms with Gasteiger partial charge in [0.15, 0.2) is 0 Å². The molecule has 198 valence electrons. The molecule has 0 aliphatic carbocycles. The molecule has 9 heteroatoms. The molecule has 0 heterocycles. The Bertz CT molecular complexity index is 450. The lowest BCUT2D eigenvalue weighted by molar-refractivity contribution is -0.192. The number of carbonyl (C=O) groups excluding carboxylic acids is 1. The van der Waals surface area contributed by atoms with Gasteiger partial charge in [-0.25, -0.2) is 4.79 Å². The average Bonchev–Trinajstić information content (AvgIpc) is 2.76. The number of thiol groups is 2. The number of rotatable bonds is 21. The van der Waals surface area contributed by atoms with Crippen LogP contribution in [0.1, 0.15) is 116 Å². The van der Waals surface area contributed by atoms with Gasteiger partial charge in [-0.05, 0) is 37.2 Å². The number of ether oxygens (including phenoxy) is 1. The first-order valence-electron chi connectivity index (χ1n) is 12.4. The molecular formula is C24H45F3O4S2. The zero-order valence-electron chi connectivity index (χ0n) is 20.0. The predicted octanol–water partition coefficient (Wildman–Crippen LogP) is 8.04. The molecular weight excluding hydrogens is 473 g/mol. The number of unbranched alkanes of at least 4 members (excludes halogenated alkanes) is 15. The van der Waals surface area contributed by atoms with Crippen LogP contribution in [0.15, 0.2) is 0 Å². The van der Waals surface area contributed by atoms with E-state index in [1.54, 1.807) is 0 Å². The molecule has 0 spiro atoms. The van der Waals surface area contributed by atoms with E-state index in [0.29, 0.717) is 13.0 Å². The molecule has 0 fully saturated rings. The molecule has 33 heavy (non-hydrogen) atoms. The number of carboxylic acids is 1. The highest BCUT2D eigenvalue weighted by molar-refractivity contribution is 7.80. The fourth-order valence-corrected chi connectivity index (χ4v) is 3.60. The minimum absolute atomic E-state index is 0.00275. The molecule has 0 aromatic rings. The van der Waals surface area contributed by atoms with Gasteiger partial charge in [0.25, 0.3) is 0 Å². The Morgan fingerprint density at radius 2 is 0.909 bits per heavy atom. The number of halogens is 3. The molecule has 0 unspecified atom stereocenters. The van der Waals surface area contributed by atoms with Crippen LogP contribution in [0, 0.1) is 0 Å². The third kappa shape index (κ3) is 31.4. The lowest BCUT2D eigenvalue weighted by Gasteiger charge is -2.05. The van der Waals surface area contributed by atoms with Gasteiger partial charge < -0.3 is 9.84 Å². The van der Waals surface area contributed by atoms with Crippen molar-refractivity contribution in [3.63, 3.8) is 0 Å². The van der Waals surface area contributed by atoms with Crippen LogP contribution in [0.3, 0.4) is 0 Å². The highest BCUT2D eigenvalue weighted by Crippen LogP contribution is 2.13. The van der Waals surface area contributed by atoms with E-state index in [1.165, 1.54) is 89.9 Å². The summed E-state index contributed by atoms with van der Waals surface area (Å²) < 4.78 is 37.1. The van der Waals surface area contributed by atoms with Crippen molar-refractivity contribution < 1.29 is 32.6 Å². The number of hydrogen-bond acceptors (Lipinski definition) is 5. The fraction of sp³-hybridized carbons (Fsp3) is 0.917. The maximum atomic E-state index is 11.7. The maximum Gasteiger partial charge on any atom is 0.490 e. The first-order chi connectivity index (χ1) is 15.8. The number of esters is 1. The first kappa shape index (κ1) is 34.6. The average molecular weight is 519 g/mol. The number of aliphatic carboxylic acids is 1. The summed E-state index contributed by atoms with van der Waals surface area (Å²) in [5.41, 5.74) is 0. The number of alkyl halides is 3. The summed E-state index contributed by atoms with van der Waals surface area (Å²) in [6.45, 7) is 0.617. The topological polar surface area (TPSA) is 63.6 Å². The van der Waals surface area contributed by atoms with Crippen LogP contribution in [0.25, 0.3) is 0 Å². The van der Waals surface area contributed by atoms with E-state index < -0.39 is 12.1 Å². The number of carbonyl (C=O) groups is 2. The van der Waals surface area contributed by atoms with Crippen molar-refractivity contribution >= 4 is 37.2 Å². The summed E-state index contributed by atoms with van der Waals surface area (Å²) in [5.74, 6) is -0.718. The van der Waals surface area contributed by atoms with E-state index in [2.05, 4.69) is 25.3 Å². The molecule has 0 aromatic heterocycles. The molecule has 1 N–H and O–H groups in total. The van der Waals surface area contributed by atoms with Gasteiger partial charge in [-0.3, -0.25) is 4.79 Å². The third-order valence-electron chi connectivity index (χ3n) is 5.10. The van der Waals surface area contributed by atoms with Crippen molar-refractivity contribution in [2.45, 2.75) is 122 Å². The minimum atomic E-state index is -5.08. The zero-order valence-corrected chi connectivity index (χ0v) is 21.8. The summed E-state index contributed by atoms with van der Waals surface area (Å²) in [4.78, 5) is 20.6. The molecule has 4 nitrogen and oxygen atoms in total. The van der Waals surface area contributed by atoms with Crippen molar-refractivity contribution in [1.82, 2.24) is 0 Å². The highest BCUT2D eigenvalue weighted by Gasteiger charge is 2.38. The summed E-state index contributed by atoms with van der Waals surface area (Å²) >= 11 is 8.46. The van der Waals surface area contributed by atoms with Crippen LogP contribution in [-0.4, -0.2) is 41.3 Å². The van der Waals surface area contributed by atoms with E-state index in [1.807, 2.05) is 0 Å². The largest absolute Gasteiger partial charge is 0.490 e. The standard InChI is InChI=1S/C22H44O2S2.C2HF3O2/c23-22(18-14-10-6-2-5-9-13-17-21-26)24-19-15-11-7-3-1-4-8-12-16-20-25;3-2(4,5)1(6)7/h25-26H,1-21H2;(H,6,7). The van der Waals surface area contributed by atoms with Gasteiger partial charge in [-0.15, -0.1) is 0 Å². The molecule has 0 aliphatic heterocycles. The van der Waals surface area contributed by atoms with Crippen LogP contribution in [-0.2, 0) is 14.3 Å². The second-order valence-electron chi connectivity index (χ2n) is 8.23. The minimum Gasteiger partial charge on any atom is -0.475 e. The lowest BCUT2D eigenvalue weighted by Crippen LogP contribution is -2.21. The van der Waals surface area contributed by atoms with Gasteiger partial charge in [0.1, 0.15) is 0 Å². The van der Waals surface area contributed by atoms with Crippen molar-refractivity contribution in [3.8, 4) is 0 Å². The monoisotopic (exact) mass is 518 g/mol. The van der Waals surface area contributed by atoms with Crippen molar-refractivity contribution in [1.29, 1.82) is 0 Å². The summed E-state index contributed by atoms with van der Waals surface area (Å²) in [5, 5.41) is 7.12. The van der Waals surface area contributed by atoms with Crippen LogP contribution < -0.4 is 0 Å². The Morgan fingerprint density at radius 1 is 0.606 bits per heavy atom. The van der Waals surface area contributed by atoms with Gasteiger partial charge in [0, 0.05) is 6.42 Å². The highest BCUT2D eigenvalue weighted by atomic mass is 32.1. The van der Waals surface area contributed by atoms with Gasteiger partial charge in [-0.1, -0.05) is 83.5 Å². The van der Waals surface area contributed by atoms with Crippen molar-refractivity contribution in [3.05, 3.63) is 0 Å². The second-order valence-corrected chi connectivity index (χ2v) is 9.13. The van der Waals surface area contributed by atoms with E-state index in [4.69, 9.17) is 14.6 Å². The smallest absolute Gasteiger partial charge is 0.475 e. The Labute approximate surface area is 209 Å². The predicted molar refractivity (Wildman–Crippen MR) is 135 cm³/mol. The van der Waals surface area contributed by atoms with Crippen LogP contribution in [0.5, 0.6) is 0 Å². The molecule has 0 rings (SSSR count). The normalized spacial score (nSPS) is 11.1. The van der Waals surface area contributed by atoms with E-state index >= 15 is 0 Å². The Hall–Kier alpha value is -0.570. The van der Waals surface area contributed by atoms with Crippen LogP contribution in [0.4, 0.5) is 13.2 Å². The third-order valence-corrected chi connectivity index (χ3v) is 5.73. The molecule has 0 aliphatic rings. The van der Waals surface area contributed by atoms with E-state index in [0.717, 1.165) is 30.8 Å². The Balaban J connectivity index is 0. The quantitative estimate of drug-likeness (QED) is 0.0817. The van der Waals surface area contributed by atoms with Crippen LogP contribution >= 0.6 is 25.3 Å². The van der Waals surface area contributed by atoms with Crippen molar-refractivity contribution in [2.24, 2.45) is 0 Å². The maximum absolute atomic E-state index is 11.7. The molecule has 0 amide bonds. The molecule has 0 saturated heterocycles. The van der Waals surface area contributed by atoms with Gasteiger partial charge >= 0.3 is 18.1 Å². The first-order valence-corrected chi connectivity index (χ1v) is 13.7. The molecule has 0 radical (unpaired) electrons. The van der Waals surface area contributed by atoms with E-state index in [-0.39, 0.29) is 5.97 Å². The molecule has 0 atom stereocenters. The molecule has 0 saturated carbocycles. The fourth-order valence-electron chi connectivity index (χ4n) is 3.15. The summed E-state index contributed by atoms with van der Waals surface area (Å²) in [7, 11) is 0. The van der Waals surface area contributed by atoms with Gasteiger partial charge in [-0.2, -0.15) is 38.4 Å². The lowest BCUT2D eigenvalue weighted by atomic mass is 10.1. The molecule has 0 bridgehead atoms. The second kappa shape index (κ2) is 26.0. The number of hydrogen-bond donors (Lipinski definition) is 3. The zero-order chi connectivity index (χ0) is 25.2. The van der Waals surface area contributed by atoms with Gasteiger partial charge in [0.2, 0.25) is 0 Å². The summed E-state index contributed by atoms with van der Waals surface area (Å²) in [6.07, 6.45) is 16.9. The van der Waals surface area contributed by atoms with Crippen LogP contribution in [0.2, 0.25) is 0 Å². The molecule has 0 aromatic carbocycles. The van der Waals surface area contributed by atoms with Crippen molar-refractivity contribution in [2.75, 3.05) is 18.1 Å². The van der Waals surface area contributed by atoms with Gasteiger partial charge in [0.05, 0.1) is 6.61 Å². The summed E-state index contributed by atoms with van der Waals surface area (Å²) in [6, 6.07) is 0. The van der Waals surface area contributed by atoms with E-state index in [9.17, 15) is 18.0 Å². The Morgan fingerprint density at radius 3 is 1.24 bits per heavy atom. The number of carboxylic acid groups (broad SMARTS) is 1.